The molecule has 222 valence electrons. The minimum atomic E-state index is -1.58. The number of piperazine rings is 1. The van der Waals surface area contributed by atoms with Crippen molar-refractivity contribution in [3.8, 4) is 10.4 Å². The molecule has 3 aromatic rings. The van der Waals surface area contributed by atoms with E-state index < -0.39 is 17.0 Å². The second-order valence-corrected chi connectivity index (χ2v) is 13.7. The highest BCUT2D eigenvalue weighted by molar-refractivity contribution is 7.82. The molecule has 1 saturated carbocycles. The lowest BCUT2D eigenvalue weighted by atomic mass is 9.82. The average molecular weight is 609 g/mol. The van der Waals surface area contributed by atoms with Crippen LogP contribution in [0.1, 0.15) is 54.6 Å². The monoisotopic (exact) mass is 608 g/mol. The summed E-state index contributed by atoms with van der Waals surface area (Å²) in [7, 11) is -1.58. The maximum Gasteiger partial charge on any atom is 0.348 e. The third kappa shape index (κ3) is 6.29. The van der Waals surface area contributed by atoms with Crippen LogP contribution in [0.25, 0.3) is 10.4 Å². The molecule has 3 fully saturated rings. The summed E-state index contributed by atoms with van der Waals surface area (Å²) in [4.78, 5) is 34.1. The van der Waals surface area contributed by atoms with Crippen LogP contribution in [0.5, 0.6) is 0 Å². The highest BCUT2D eigenvalue weighted by Crippen LogP contribution is 2.41. The Labute approximate surface area is 252 Å². The first-order valence-corrected chi connectivity index (χ1v) is 16.6. The molecule has 1 aliphatic carbocycles. The lowest BCUT2D eigenvalue weighted by Gasteiger charge is -2.44. The molecule has 2 unspecified atom stereocenters. The van der Waals surface area contributed by atoms with E-state index in [0.717, 1.165) is 74.4 Å². The summed E-state index contributed by atoms with van der Waals surface area (Å²) in [5.41, 5.74) is 1.36. The number of hydrogen-bond acceptors (Lipinski definition) is 7. The second-order valence-electron chi connectivity index (χ2n) is 11.2. The molecule has 2 aliphatic heterocycles. The summed E-state index contributed by atoms with van der Waals surface area (Å²) >= 11 is 1.19. The number of pyridine rings is 1. The Morgan fingerprint density at radius 2 is 1.81 bits per heavy atom. The average Bonchev–Trinajstić information content (AvgIpc) is 3.48. The van der Waals surface area contributed by atoms with E-state index in [9.17, 15) is 18.9 Å². The molecule has 6 rings (SSSR count). The molecule has 2 aromatic heterocycles. The van der Waals surface area contributed by atoms with Crippen molar-refractivity contribution >= 4 is 45.7 Å². The predicted molar refractivity (Wildman–Crippen MR) is 164 cm³/mol. The number of anilines is 2. The minimum absolute atomic E-state index is 0.0620. The molecule has 0 bridgehead atoms. The molecular formula is C31H36N4O5S2. The van der Waals surface area contributed by atoms with Gasteiger partial charge in [-0.25, -0.2) is 18.3 Å². The number of rotatable bonds is 8. The molecule has 3 aliphatic rings. The third-order valence-electron chi connectivity index (χ3n) is 8.47. The van der Waals surface area contributed by atoms with E-state index in [1.165, 1.54) is 11.3 Å². The highest BCUT2D eigenvalue weighted by Gasteiger charge is 2.42. The summed E-state index contributed by atoms with van der Waals surface area (Å²) < 4.78 is 20.9. The lowest BCUT2D eigenvalue weighted by Crippen LogP contribution is -2.59. The van der Waals surface area contributed by atoms with Gasteiger partial charge in [0.15, 0.2) is 0 Å². The zero-order chi connectivity index (χ0) is 29.1. The number of ether oxygens (including phenoxy) is 1. The van der Waals surface area contributed by atoms with Gasteiger partial charge in [0.1, 0.15) is 21.7 Å². The Morgan fingerprint density at radius 1 is 1.05 bits per heavy atom. The van der Waals surface area contributed by atoms with Crippen molar-refractivity contribution in [2.75, 3.05) is 36.5 Å². The maximum atomic E-state index is 13.9. The zero-order valence-electron chi connectivity index (χ0n) is 23.4. The summed E-state index contributed by atoms with van der Waals surface area (Å²) in [6, 6.07) is 15.2. The van der Waals surface area contributed by atoms with Crippen LogP contribution in [0.2, 0.25) is 0 Å². The molecule has 0 spiro atoms. The van der Waals surface area contributed by atoms with Crippen LogP contribution in [-0.2, 0) is 20.5 Å². The lowest BCUT2D eigenvalue weighted by molar-refractivity contribution is -0.121. The van der Waals surface area contributed by atoms with Crippen molar-refractivity contribution in [2.45, 2.75) is 61.9 Å². The molecule has 1 aromatic carbocycles. The maximum absolute atomic E-state index is 13.9. The van der Waals surface area contributed by atoms with Gasteiger partial charge >= 0.3 is 5.97 Å². The van der Waals surface area contributed by atoms with Crippen LogP contribution in [0, 0.1) is 5.92 Å². The van der Waals surface area contributed by atoms with Gasteiger partial charge in [-0.1, -0.05) is 49.6 Å². The normalized spacial score (nSPS) is 21.8. The van der Waals surface area contributed by atoms with Gasteiger partial charge in [-0.3, -0.25) is 4.79 Å². The topological polar surface area (TPSA) is 112 Å². The van der Waals surface area contributed by atoms with E-state index in [1.807, 2.05) is 48.5 Å². The van der Waals surface area contributed by atoms with Gasteiger partial charge < -0.3 is 20.1 Å². The number of nitrogens with one attached hydrogen (secondary N) is 1. The van der Waals surface area contributed by atoms with Crippen LogP contribution in [0.3, 0.4) is 0 Å². The molecule has 2 saturated heterocycles. The van der Waals surface area contributed by atoms with Crippen molar-refractivity contribution in [1.29, 1.82) is 0 Å². The highest BCUT2D eigenvalue weighted by atomic mass is 32.2. The Kier molecular flexibility index (Phi) is 8.99. The van der Waals surface area contributed by atoms with E-state index in [1.54, 1.807) is 15.4 Å². The summed E-state index contributed by atoms with van der Waals surface area (Å²) in [5, 5.41) is 13.6. The Morgan fingerprint density at radius 3 is 2.50 bits per heavy atom. The van der Waals surface area contributed by atoms with E-state index in [2.05, 4.69) is 10.3 Å². The third-order valence-corrected chi connectivity index (χ3v) is 11.0. The van der Waals surface area contributed by atoms with Crippen LogP contribution < -0.4 is 10.2 Å². The summed E-state index contributed by atoms with van der Waals surface area (Å²) in [5.74, 6) is -0.334. The molecule has 2 atom stereocenters. The Hall–Kier alpha value is -3.12. The largest absolute Gasteiger partial charge is 0.477 e. The van der Waals surface area contributed by atoms with E-state index in [0.29, 0.717) is 23.2 Å². The van der Waals surface area contributed by atoms with E-state index in [4.69, 9.17) is 4.74 Å². The molecule has 4 heterocycles. The smallest absolute Gasteiger partial charge is 0.348 e. The fourth-order valence-corrected chi connectivity index (χ4v) is 8.45. The summed E-state index contributed by atoms with van der Waals surface area (Å²) in [6.45, 7) is 1.80. The fraction of sp³-hybridized carbons (Fsp3) is 0.452. The number of thiophene rings is 1. The van der Waals surface area contributed by atoms with Crippen molar-refractivity contribution in [3.05, 3.63) is 59.6 Å². The number of hydrogen-bond donors (Lipinski definition) is 2. The molecule has 0 radical (unpaired) electrons. The number of aromatic carboxylic acids is 1. The number of carboxylic acids is 1. The predicted octanol–water partition coefficient (Wildman–Crippen LogP) is 5.42. The van der Waals surface area contributed by atoms with Crippen molar-refractivity contribution < 1.29 is 23.6 Å². The van der Waals surface area contributed by atoms with Crippen molar-refractivity contribution in [1.82, 2.24) is 9.29 Å². The quantitative estimate of drug-likeness (QED) is 0.351. The number of aromatic nitrogens is 1. The fourth-order valence-electron chi connectivity index (χ4n) is 6.31. The van der Waals surface area contributed by atoms with E-state index in [-0.39, 0.29) is 29.3 Å². The first-order chi connectivity index (χ1) is 20.5. The van der Waals surface area contributed by atoms with Gasteiger partial charge in [-0.15, -0.1) is 11.3 Å². The number of nitrogens with zero attached hydrogens (tertiary/aromatic N) is 3. The first-order valence-electron chi connectivity index (χ1n) is 14.7. The van der Waals surface area contributed by atoms with Gasteiger partial charge in [0, 0.05) is 36.9 Å². The van der Waals surface area contributed by atoms with Crippen molar-refractivity contribution in [3.63, 3.8) is 0 Å². The first kappa shape index (κ1) is 29.0. The molecule has 1 amide bonds. The molecule has 2 N–H and O–H groups in total. The van der Waals surface area contributed by atoms with Crippen LogP contribution in [0.4, 0.5) is 11.5 Å². The van der Waals surface area contributed by atoms with E-state index >= 15 is 0 Å². The number of benzene rings is 1. The summed E-state index contributed by atoms with van der Waals surface area (Å²) in [6.07, 6.45) is 8.68. The number of carboxylic acid groups (broad SMARTS) is 1. The molecular weight excluding hydrogens is 572 g/mol. The standard InChI is InChI=1S/C31H36N4O5S2/c36-29-20-34(42(39)24-11-12-28(32-18-24)33-23-13-15-40-16-14-23)19-26(21-7-3-1-4-8-21)35(29)25-17-27(41-30(25)31(37)38)22-9-5-2-6-10-22/h2,5-6,9-12,17-18,21,23,26H,1,3-4,7-8,13-16,19-20H2,(H,32,33)(H,37,38). The number of carbonyl (C=O) groups is 2. The zero-order valence-corrected chi connectivity index (χ0v) is 25.1. The van der Waals surface area contributed by atoms with Crippen LogP contribution in [0.15, 0.2) is 59.6 Å². The van der Waals surface area contributed by atoms with Gasteiger partial charge in [0.05, 0.1) is 23.2 Å². The van der Waals surface area contributed by atoms with Gasteiger partial charge in [0.25, 0.3) is 0 Å². The molecule has 9 nitrogen and oxygen atoms in total. The SMILES string of the molecule is O=C(O)c1sc(-c2ccccc2)cc1N1C(=O)CN(S(=O)c2ccc(NC3CCOCC3)nc2)CC1C1CCCCC1. The van der Waals surface area contributed by atoms with Crippen LogP contribution >= 0.6 is 11.3 Å². The second kappa shape index (κ2) is 13.0. The van der Waals surface area contributed by atoms with Gasteiger partial charge in [-0.05, 0) is 55.4 Å². The molecule has 11 heteroatoms. The Balaban J connectivity index is 1.26. The number of carbonyl (C=O) groups excluding carboxylic acids is 1. The Bertz CT molecular complexity index is 1420. The minimum Gasteiger partial charge on any atom is -0.477 e. The van der Waals surface area contributed by atoms with Gasteiger partial charge in [0.2, 0.25) is 5.91 Å². The number of amides is 1. The van der Waals surface area contributed by atoms with Crippen LogP contribution in [-0.4, -0.2) is 68.9 Å². The van der Waals surface area contributed by atoms with Gasteiger partial charge in [-0.2, -0.15) is 0 Å². The van der Waals surface area contributed by atoms with Crippen molar-refractivity contribution in [2.24, 2.45) is 5.92 Å². The molecule has 42 heavy (non-hydrogen) atoms.